The molecule has 1 amide bonds. The van der Waals surface area contributed by atoms with Gasteiger partial charge in [0.2, 0.25) is 0 Å². The van der Waals surface area contributed by atoms with Crippen LogP contribution in [0.25, 0.3) is 10.6 Å². The molecule has 1 aromatic heterocycles. The SMILES string of the molecule is CCOc1ccc(C(=O)NCCc2csc(-c3ccccc3)n2)cc1. The molecule has 0 radical (unpaired) electrons. The van der Waals surface area contributed by atoms with Gasteiger partial charge in [-0.3, -0.25) is 4.79 Å². The van der Waals surface area contributed by atoms with Crippen molar-refractivity contribution in [2.24, 2.45) is 0 Å². The first kappa shape index (κ1) is 17.2. The topological polar surface area (TPSA) is 51.2 Å². The van der Waals surface area contributed by atoms with Crippen LogP contribution in [0, 0.1) is 0 Å². The summed E-state index contributed by atoms with van der Waals surface area (Å²) in [6, 6.07) is 17.3. The largest absolute Gasteiger partial charge is 0.494 e. The van der Waals surface area contributed by atoms with E-state index in [1.54, 1.807) is 23.5 Å². The third-order valence-electron chi connectivity index (χ3n) is 3.67. The first-order chi connectivity index (χ1) is 12.3. The molecule has 2 aromatic carbocycles. The molecule has 3 rings (SSSR count). The Hall–Kier alpha value is -2.66. The van der Waals surface area contributed by atoms with Gasteiger partial charge in [-0.05, 0) is 31.2 Å². The fourth-order valence-electron chi connectivity index (χ4n) is 2.41. The van der Waals surface area contributed by atoms with E-state index in [2.05, 4.69) is 22.4 Å². The van der Waals surface area contributed by atoms with Crippen LogP contribution < -0.4 is 10.1 Å². The molecule has 4 nitrogen and oxygen atoms in total. The normalized spacial score (nSPS) is 10.4. The summed E-state index contributed by atoms with van der Waals surface area (Å²) in [5, 5.41) is 5.99. The third-order valence-corrected chi connectivity index (χ3v) is 4.61. The van der Waals surface area contributed by atoms with Crippen LogP contribution in [-0.4, -0.2) is 24.0 Å². The van der Waals surface area contributed by atoms with E-state index in [1.807, 2.05) is 42.6 Å². The molecule has 1 heterocycles. The highest BCUT2D eigenvalue weighted by Crippen LogP contribution is 2.23. The minimum absolute atomic E-state index is 0.0819. The van der Waals surface area contributed by atoms with Gasteiger partial charge < -0.3 is 10.1 Å². The summed E-state index contributed by atoms with van der Waals surface area (Å²) in [5.74, 6) is 0.691. The predicted molar refractivity (Wildman–Crippen MR) is 101 cm³/mol. The number of carbonyl (C=O) groups excluding carboxylic acids is 1. The van der Waals surface area contributed by atoms with E-state index < -0.39 is 0 Å². The molecule has 5 heteroatoms. The average Bonchev–Trinajstić information content (AvgIpc) is 3.12. The maximum atomic E-state index is 12.2. The lowest BCUT2D eigenvalue weighted by Gasteiger charge is -2.06. The highest BCUT2D eigenvalue weighted by Gasteiger charge is 2.07. The van der Waals surface area contributed by atoms with E-state index in [0.717, 1.165) is 22.0 Å². The number of ether oxygens (including phenoxy) is 1. The Balaban J connectivity index is 1.51. The first-order valence-corrected chi connectivity index (χ1v) is 9.15. The maximum absolute atomic E-state index is 12.2. The Labute approximate surface area is 151 Å². The van der Waals surface area contributed by atoms with Gasteiger partial charge in [0, 0.05) is 29.5 Å². The van der Waals surface area contributed by atoms with E-state index in [0.29, 0.717) is 25.1 Å². The highest BCUT2D eigenvalue weighted by molar-refractivity contribution is 7.13. The van der Waals surface area contributed by atoms with Gasteiger partial charge in [-0.2, -0.15) is 0 Å². The average molecular weight is 352 g/mol. The Morgan fingerprint density at radius 1 is 1.12 bits per heavy atom. The number of carbonyl (C=O) groups is 1. The van der Waals surface area contributed by atoms with Crippen LogP contribution >= 0.6 is 11.3 Å². The molecule has 25 heavy (non-hydrogen) atoms. The molecule has 0 bridgehead atoms. The van der Waals surface area contributed by atoms with E-state index >= 15 is 0 Å². The summed E-state index contributed by atoms with van der Waals surface area (Å²) in [5.41, 5.74) is 2.75. The molecule has 128 valence electrons. The fraction of sp³-hybridized carbons (Fsp3) is 0.200. The molecule has 0 aliphatic rings. The van der Waals surface area contributed by atoms with Gasteiger partial charge in [-0.15, -0.1) is 11.3 Å². The van der Waals surface area contributed by atoms with Crippen molar-refractivity contribution < 1.29 is 9.53 Å². The van der Waals surface area contributed by atoms with Gasteiger partial charge >= 0.3 is 0 Å². The van der Waals surface area contributed by atoms with Crippen molar-refractivity contribution in [3.8, 4) is 16.3 Å². The Kier molecular flexibility index (Phi) is 5.80. The molecular formula is C20H20N2O2S. The summed E-state index contributed by atoms with van der Waals surface area (Å²) in [7, 11) is 0. The summed E-state index contributed by atoms with van der Waals surface area (Å²) in [6.45, 7) is 3.11. The summed E-state index contributed by atoms with van der Waals surface area (Å²) in [6.07, 6.45) is 0.714. The standard InChI is InChI=1S/C20H20N2O2S/c1-2-24-18-10-8-15(9-11-18)19(23)21-13-12-17-14-25-20(22-17)16-6-4-3-5-7-16/h3-11,14H,2,12-13H2,1H3,(H,21,23). The van der Waals surface area contributed by atoms with Crippen LogP contribution in [0.4, 0.5) is 0 Å². The molecule has 1 N–H and O–H groups in total. The quantitative estimate of drug-likeness (QED) is 0.694. The van der Waals surface area contributed by atoms with Gasteiger partial charge in [-0.25, -0.2) is 4.98 Å². The van der Waals surface area contributed by atoms with Gasteiger partial charge in [-0.1, -0.05) is 30.3 Å². The van der Waals surface area contributed by atoms with E-state index in [9.17, 15) is 4.79 Å². The highest BCUT2D eigenvalue weighted by atomic mass is 32.1. The van der Waals surface area contributed by atoms with E-state index in [1.165, 1.54) is 0 Å². The fourth-order valence-corrected chi connectivity index (χ4v) is 3.27. The van der Waals surface area contributed by atoms with Gasteiger partial charge in [0.25, 0.3) is 5.91 Å². The summed E-state index contributed by atoms with van der Waals surface area (Å²) >= 11 is 1.63. The van der Waals surface area contributed by atoms with Crippen LogP contribution in [-0.2, 0) is 6.42 Å². The van der Waals surface area contributed by atoms with Crippen LogP contribution in [0.2, 0.25) is 0 Å². The molecule has 3 aromatic rings. The van der Waals surface area contributed by atoms with Crippen molar-refractivity contribution in [3.05, 3.63) is 71.2 Å². The molecule has 0 unspecified atom stereocenters. The lowest BCUT2D eigenvalue weighted by Crippen LogP contribution is -2.25. The van der Waals surface area contributed by atoms with Crippen molar-refractivity contribution in [1.29, 1.82) is 0 Å². The summed E-state index contributed by atoms with van der Waals surface area (Å²) < 4.78 is 5.38. The van der Waals surface area contributed by atoms with Crippen LogP contribution in [0.3, 0.4) is 0 Å². The van der Waals surface area contributed by atoms with Crippen molar-refractivity contribution in [2.45, 2.75) is 13.3 Å². The van der Waals surface area contributed by atoms with Crippen molar-refractivity contribution in [3.63, 3.8) is 0 Å². The molecular weight excluding hydrogens is 332 g/mol. The van der Waals surface area contributed by atoms with Crippen molar-refractivity contribution in [2.75, 3.05) is 13.2 Å². The second-order valence-electron chi connectivity index (χ2n) is 5.47. The zero-order chi connectivity index (χ0) is 17.5. The predicted octanol–water partition coefficient (Wildman–Crippen LogP) is 4.18. The van der Waals surface area contributed by atoms with Gasteiger partial charge in [0.15, 0.2) is 0 Å². The number of thiazole rings is 1. The molecule has 0 atom stereocenters. The second-order valence-corrected chi connectivity index (χ2v) is 6.33. The second kappa shape index (κ2) is 8.44. The van der Waals surface area contributed by atoms with Crippen LogP contribution in [0.5, 0.6) is 5.75 Å². The number of nitrogens with one attached hydrogen (secondary N) is 1. The first-order valence-electron chi connectivity index (χ1n) is 8.27. The van der Waals surface area contributed by atoms with Crippen LogP contribution in [0.1, 0.15) is 23.0 Å². The number of nitrogens with zero attached hydrogens (tertiary/aromatic N) is 1. The number of aromatic nitrogens is 1. The number of hydrogen-bond acceptors (Lipinski definition) is 4. The molecule has 0 fully saturated rings. The lowest BCUT2D eigenvalue weighted by molar-refractivity contribution is 0.0954. The summed E-state index contributed by atoms with van der Waals surface area (Å²) in [4.78, 5) is 16.8. The Morgan fingerprint density at radius 2 is 1.88 bits per heavy atom. The molecule has 0 aliphatic heterocycles. The van der Waals surface area contributed by atoms with Gasteiger partial charge in [0.05, 0.1) is 12.3 Å². The number of amides is 1. The van der Waals surface area contributed by atoms with Crippen molar-refractivity contribution in [1.82, 2.24) is 10.3 Å². The minimum atomic E-state index is -0.0819. The minimum Gasteiger partial charge on any atom is -0.494 e. The Bertz CT molecular complexity index is 813. The number of rotatable bonds is 7. The number of hydrogen-bond donors (Lipinski definition) is 1. The smallest absolute Gasteiger partial charge is 0.251 e. The molecule has 0 saturated heterocycles. The molecule has 0 saturated carbocycles. The molecule has 0 aliphatic carbocycles. The third kappa shape index (κ3) is 4.67. The Morgan fingerprint density at radius 3 is 2.60 bits per heavy atom. The van der Waals surface area contributed by atoms with Gasteiger partial charge in [0.1, 0.15) is 10.8 Å². The zero-order valence-electron chi connectivity index (χ0n) is 14.1. The number of benzene rings is 2. The van der Waals surface area contributed by atoms with Crippen molar-refractivity contribution >= 4 is 17.2 Å². The zero-order valence-corrected chi connectivity index (χ0v) is 14.9. The maximum Gasteiger partial charge on any atom is 0.251 e. The molecule has 0 spiro atoms. The van der Waals surface area contributed by atoms with Crippen LogP contribution in [0.15, 0.2) is 60.0 Å². The monoisotopic (exact) mass is 352 g/mol. The lowest BCUT2D eigenvalue weighted by atomic mass is 10.2. The van der Waals surface area contributed by atoms with E-state index in [-0.39, 0.29) is 5.91 Å². The van der Waals surface area contributed by atoms with E-state index in [4.69, 9.17) is 4.74 Å².